The summed E-state index contributed by atoms with van der Waals surface area (Å²) in [5.74, 6) is 0.378. The third-order valence-corrected chi connectivity index (χ3v) is 5.27. The summed E-state index contributed by atoms with van der Waals surface area (Å²) in [4.78, 5) is 26.9. The lowest BCUT2D eigenvalue weighted by Gasteiger charge is -2.27. The summed E-state index contributed by atoms with van der Waals surface area (Å²) < 4.78 is 5.26. The van der Waals surface area contributed by atoms with Crippen LogP contribution in [0.3, 0.4) is 0 Å². The van der Waals surface area contributed by atoms with E-state index in [0.717, 1.165) is 19.3 Å². The number of hydrogen-bond acceptors (Lipinski definition) is 4. The van der Waals surface area contributed by atoms with Gasteiger partial charge in [0.15, 0.2) is 0 Å². The fraction of sp³-hybridized carbons (Fsp3) is 0.391. The van der Waals surface area contributed by atoms with Crippen molar-refractivity contribution in [3.8, 4) is 5.75 Å². The summed E-state index contributed by atoms with van der Waals surface area (Å²) in [6.07, 6.45) is 3.08. The number of anilines is 1. The fourth-order valence-corrected chi connectivity index (χ4v) is 3.77. The van der Waals surface area contributed by atoms with Crippen LogP contribution in [-0.4, -0.2) is 43.5 Å². The van der Waals surface area contributed by atoms with Crippen LogP contribution in [-0.2, 0) is 16.0 Å². The van der Waals surface area contributed by atoms with Crippen LogP contribution in [0.25, 0.3) is 0 Å². The van der Waals surface area contributed by atoms with Crippen LogP contribution in [0.2, 0.25) is 0 Å². The molecule has 2 amide bonds. The lowest BCUT2D eigenvalue weighted by molar-refractivity contribution is -0.124. The summed E-state index contributed by atoms with van der Waals surface area (Å²) in [6, 6.07) is 15.6. The summed E-state index contributed by atoms with van der Waals surface area (Å²) in [5.41, 5.74) is 3.15. The molecule has 0 radical (unpaired) electrons. The van der Waals surface area contributed by atoms with Crippen LogP contribution in [0.5, 0.6) is 5.75 Å². The first-order valence-corrected chi connectivity index (χ1v) is 10.1. The molecule has 0 saturated carbocycles. The van der Waals surface area contributed by atoms with E-state index in [-0.39, 0.29) is 30.9 Å². The summed E-state index contributed by atoms with van der Waals surface area (Å²) in [6.45, 7) is 2.88. The molecule has 0 bridgehead atoms. The number of hydrogen-bond donors (Lipinski definition) is 2. The molecule has 2 aromatic carbocycles. The second kappa shape index (κ2) is 10.1. The molecule has 0 fully saturated rings. The molecule has 154 valence electrons. The first-order chi connectivity index (χ1) is 14.1. The largest absolute Gasteiger partial charge is 0.495 e. The molecule has 0 aliphatic heterocycles. The molecule has 6 nitrogen and oxygen atoms in total. The third-order valence-electron chi connectivity index (χ3n) is 5.27. The molecule has 1 aliphatic rings. The zero-order valence-electron chi connectivity index (χ0n) is 17.1. The minimum Gasteiger partial charge on any atom is -0.495 e. The first kappa shape index (κ1) is 20.9. The minimum atomic E-state index is -0.174. The van der Waals surface area contributed by atoms with E-state index in [2.05, 4.69) is 22.8 Å². The van der Waals surface area contributed by atoms with Crippen LogP contribution < -0.4 is 15.4 Å². The average Bonchev–Trinajstić information content (AvgIpc) is 2.74. The average molecular weight is 396 g/mol. The number of carbonyl (C=O) groups is 2. The molecular formula is C23H29N3O3. The van der Waals surface area contributed by atoms with Crippen molar-refractivity contribution in [2.24, 2.45) is 0 Å². The van der Waals surface area contributed by atoms with Gasteiger partial charge in [-0.3, -0.25) is 14.5 Å². The van der Waals surface area contributed by atoms with E-state index < -0.39 is 0 Å². The number of para-hydroxylation sites is 2. The van der Waals surface area contributed by atoms with Crippen molar-refractivity contribution in [3.05, 3.63) is 59.7 Å². The Morgan fingerprint density at radius 3 is 2.59 bits per heavy atom. The highest BCUT2D eigenvalue weighted by Gasteiger charge is 2.22. The van der Waals surface area contributed by atoms with Crippen LogP contribution in [0.1, 0.15) is 36.9 Å². The monoisotopic (exact) mass is 395 g/mol. The van der Waals surface area contributed by atoms with Crippen molar-refractivity contribution in [1.82, 2.24) is 10.2 Å². The molecule has 0 spiro atoms. The highest BCUT2D eigenvalue weighted by molar-refractivity contribution is 5.94. The zero-order chi connectivity index (χ0) is 20.6. The van der Waals surface area contributed by atoms with Gasteiger partial charge in [-0.2, -0.15) is 0 Å². The molecule has 2 N–H and O–H groups in total. The van der Waals surface area contributed by atoms with Crippen LogP contribution >= 0.6 is 0 Å². The van der Waals surface area contributed by atoms with Crippen molar-refractivity contribution in [2.75, 3.05) is 32.1 Å². The second-order valence-electron chi connectivity index (χ2n) is 7.26. The summed E-state index contributed by atoms with van der Waals surface area (Å²) >= 11 is 0. The number of benzene rings is 2. The van der Waals surface area contributed by atoms with E-state index in [1.807, 2.05) is 36.1 Å². The van der Waals surface area contributed by atoms with E-state index in [1.54, 1.807) is 19.2 Å². The van der Waals surface area contributed by atoms with Crippen LogP contribution in [0.15, 0.2) is 48.5 Å². The van der Waals surface area contributed by atoms with Crippen molar-refractivity contribution in [3.63, 3.8) is 0 Å². The Hall–Kier alpha value is -2.86. The van der Waals surface area contributed by atoms with E-state index >= 15 is 0 Å². The predicted octanol–water partition coefficient (Wildman–Crippen LogP) is 3.15. The topological polar surface area (TPSA) is 70.7 Å². The Morgan fingerprint density at radius 1 is 1.07 bits per heavy atom. The summed E-state index contributed by atoms with van der Waals surface area (Å²) in [7, 11) is 1.57. The maximum absolute atomic E-state index is 12.6. The van der Waals surface area contributed by atoms with Crippen molar-refractivity contribution in [2.45, 2.75) is 32.2 Å². The molecule has 6 heteroatoms. The molecule has 29 heavy (non-hydrogen) atoms. The standard InChI is InChI=1S/C23H29N3O3/c1-3-26(16-23(28)25-20-12-6-7-14-21(20)29-2)15-22(27)24-19-13-8-10-17-9-4-5-11-18(17)19/h4-7,9,11-12,14,19H,3,8,10,13,15-16H2,1-2H3,(H,24,27)(H,25,28)/t19-/m1/s1. The fourth-order valence-electron chi connectivity index (χ4n) is 3.77. The van der Waals surface area contributed by atoms with E-state index in [9.17, 15) is 9.59 Å². The van der Waals surface area contributed by atoms with Crippen LogP contribution in [0, 0.1) is 0 Å². The molecule has 1 atom stereocenters. The van der Waals surface area contributed by atoms with Crippen LogP contribution in [0.4, 0.5) is 5.69 Å². The number of nitrogens with zero attached hydrogens (tertiary/aromatic N) is 1. The van der Waals surface area contributed by atoms with Gasteiger partial charge in [-0.25, -0.2) is 0 Å². The van der Waals surface area contributed by atoms with Gasteiger partial charge in [-0.1, -0.05) is 43.3 Å². The van der Waals surface area contributed by atoms with Gasteiger partial charge in [0, 0.05) is 0 Å². The highest BCUT2D eigenvalue weighted by Crippen LogP contribution is 2.29. The number of methoxy groups -OCH3 is 1. The predicted molar refractivity (Wildman–Crippen MR) is 114 cm³/mol. The van der Waals surface area contributed by atoms with E-state index in [1.165, 1.54) is 11.1 Å². The lowest BCUT2D eigenvalue weighted by atomic mass is 9.88. The summed E-state index contributed by atoms with van der Waals surface area (Å²) in [5, 5.41) is 6.01. The molecule has 1 aliphatic carbocycles. The van der Waals surface area contributed by atoms with E-state index in [0.29, 0.717) is 18.0 Å². The van der Waals surface area contributed by atoms with Gasteiger partial charge in [0.25, 0.3) is 0 Å². The quantitative estimate of drug-likeness (QED) is 0.720. The number of ether oxygens (including phenoxy) is 1. The number of rotatable bonds is 8. The van der Waals surface area contributed by atoms with Gasteiger partial charge in [-0.05, 0) is 49.1 Å². The third kappa shape index (κ3) is 5.57. The Bertz CT molecular complexity index is 853. The van der Waals surface area contributed by atoms with Gasteiger partial charge >= 0.3 is 0 Å². The zero-order valence-corrected chi connectivity index (χ0v) is 17.1. The molecule has 2 aromatic rings. The van der Waals surface area contributed by atoms with Gasteiger partial charge in [0.2, 0.25) is 11.8 Å². The molecule has 0 heterocycles. The Morgan fingerprint density at radius 2 is 1.79 bits per heavy atom. The number of carbonyl (C=O) groups excluding carboxylic acids is 2. The smallest absolute Gasteiger partial charge is 0.238 e. The second-order valence-corrected chi connectivity index (χ2v) is 7.26. The number of amides is 2. The van der Waals surface area contributed by atoms with Gasteiger partial charge < -0.3 is 15.4 Å². The van der Waals surface area contributed by atoms with Crippen molar-refractivity contribution >= 4 is 17.5 Å². The van der Waals surface area contributed by atoms with E-state index in [4.69, 9.17) is 4.74 Å². The molecule has 3 rings (SSSR count). The van der Waals surface area contributed by atoms with Gasteiger partial charge in [0.1, 0.15) is 5.75 Å². The maximum Gasteiger partial charge on any atom is 0.238 e. The minimum absolute atomic E-state index is 0.0496. The molecule has 0 saturated heterocycles. The Balaban J connectivity index is 1.54. The number of aryl methyl sites for hydroxylation is 1. The first-order valence-electron chi connectivity index (χ1n) is 10.1. The molecule has 0 unspecified atom stereocenters. The maximum atomic E-state index is 12.6. The number of nitrogens with one attached hydrogen (secondary N) is 2. The Labute approximate surface area is 172 Å². The normalized spacial score (nSPS) is 15.5. The highest BCUT2D eigenvalue weighted by atomic mass is 16.5. The van der Waals surface area contributed by atoms with Gasteiger partial charge in [-0.15, -0.1) is 0 Å². The molecule has 0 aromatic heterocycles. The number of fused-ring (bicyclic) bond motifs is 1. The van der Waals surface area contributed by atoms with Crippen molar-refractivity contribution in [1.29, 1.82) is 0 Å². The van der Waals surface area contributed by atoms with Gasteiger partial charge in [0.05, 0.1) is 31.9 Å². The SMILES string of the molecule is CCN(CC(=O)Nc1ccccc1OC)CC(=O)N[C@@H]1CCCc2ccccc21. The number of likely N-dealkylation sites (N-methyl/N-ethyl adjacent to an activating group) is 1. The van der Waals surface area contributed by atoms with Crippen molar-refractivity contribution < 1.29 is 14.3 Å². The molecular weight excluding hydrogens is 366 g/mol. The lowest BCUT2D eigenvalue weighted by Crippen LogP contribution is -2.42. The Kier molecular flexibility index (Phi) is 7.25.